The van der Waals surface area contributed by atoms with E-state index in [9.17, 15) is 4.79 Å². The zero-order valence-corrected chi connectivity index (χ0v) is 20.4. The maximum absolute atomic E-state index is 11.2. The first kappa shape index (κ1) is 25.7. The van der Waals surface area contributed by atoms with Gasteiger partial charge in [0.05, 0.1) is 7.11 Å². The van der Waals surface area contributed by atoms with Crippen LogP contribution in [0.3, 0.4) is 0 Å². The summed E-state index contributed by atoms with van der Waals surface area (Å²) in [7, 11) is 1.43. The molecule has 0 saturated carbocycles. The number of unbranched alkanes of at least 4 members (excludes halogenated alkanes) is 1. The van der Waals surface area contributed by atoms with E-state index in [4.69, 9.17) is 4.99 Å². The van der Waals surface area contributed by atoms with Gasteiger partial charge in [0.2, 0.25) is 0 Å². The molecule has 1 aliphatic heterocycles. The van der Waals surface area contributed by atoms with Gasteiger partial charge in [-0.05, 0) is 31.7 Å². The normalized spacial score (nSPS) is 16.1. The SMILES string of the molecule is CCNC(=NCCCCC(=O)OC)N1CCN(C(CC)c2ccccc2)CC1.I. The van der Waals surface area contributed by atoms with Gasteiger partial charge in [0, 0.05) is 51.7 Å². The molecule has 29 heavy (non-hydrogen) atoms. The number of carbonyl (C=O) groups excluding carboxylic acids is 1. The lowest BCUT2D eigenvalue weighted by molar-refractivity contribution is -0.140. The number of ether oxygens (including phenoxy) is 1. The Morgan fingerprint density at radius 3 is 2.41 bits per heavy atom. The molecule has 0 aromatic heterocycles. The highest BCUT2D eigenvalue weighted by Crippen LogP contribution is 2.25. The van der Waals surface area contributed by atoms with Gasteiger partial charge in [0.25, 0.3) is 0 Å². The first-order valence-corrected chi connectivity index (χ1v) is 10.6. The Labute approximate surface area is 193 Å². The Hall–Kier alpha value is -1.35. The highest BCUT2D eigenvalue weighted by atomic mass is 127. The summed E-state index contributed by atoms with van der Waals surface area (Å²) < 4.78 is 4.68. The summed E-state index contributed by atoms with van der Waals surface area (Å²) >= 11 is 0. The van der Waals surface area contributed by atoms with Crippen LogP contribution < -0.4 is 5.32 Å². The molecule has 0 amide bonds. The lowest BCUT2D eigenvalue weighted by atomic mass is 10.0. The molecule has 0 aliphatic carbocycles. The Morgan fingerprint density at radius 2 is 1.83 bits per heavy atom. The van der Waals surface area contributed by atoms with Gasteiger partial charge < -0.3 is 15.0 Å². The van der Waals surface area contributed by atoms with Crippen molar-refractivity contribution in [2.45, 2.75) is 45.6 Å². The van der Waals surface area contributed by atoms with Crippen molar-refractivity contribution in [2.75, 3.05) is 46.4 Å². The molecule has 6 nitrogen and oxygen atoms in total. The predicted octanol–water partition coefficient (Wildman–Crippen LogP) is 3.68. The molecule has 1 aromatic carbocycles. The van der Waals surface area contributed by atoms with Crippen molar-refractivity contribution in [2.24, 2.45) is 4.99 Å². The minimum Gasteiger partial charge on any atom is -0.469 e. The maximum atomic E-state index is 11.2. The van der Waals surface area contributed by atoms with E-state index in [1.54, 1.807) is 0 Å². The fraction of sp³-hybridized carbons (Fsp3) is 0.636. The Morgan fingerprint density at radius 1 is 1.14 bits per heavy atom. The van der Waals surface area contributed by atoms with Crippen molar-refractivity contribution in [3.63, 3.8) is 0 Å². The second kappa shape index (κ2) is 14.6. The third-order valence-electron chi connectivity index (χ3n) is 5.24. The first-order valence-electron chi connectivity index (χ1n) is 10.6. The molecule has 1 atom stereocenters. The number of nitrogens with one attached hydrogen (secondary N) is 1. The van der Waals surface area contributed by atoms with Crippen molar-refractivity contribution >= 4 is 35.9 Å². The summed E-state index contributed by atoms with van der Waals surface area (Å²) in [6, 6.07) is 11.3. The number of benzene rings is 1. The monoisotopic (exact) mass is 516 g/mol. The molecule has 7 heteroatoms. The number of nitrogens with zero attached hydrogens (tertiary/aromatic N) is 3. The van der Waals surface area contributed by atoms with Crippen LogP contribution >= 0.6 is 24.0 Å². The van der Waals surface area contributed by atoms with E-state index in [1.165, 1.54) is 12.7 Å². The minimum atomic E-state index is -0.143. The average Bonchev–Trinajstić information content (AvgIpc) is 2.74. The third kappa shape index (κ3) is 8.50. The molecule has 1 fully saturated rings. The van der Waals surface area contributed by atoms with Crippen molar-refractivity contribution < 1.29 is 9.53 Å². The van der Waals surface area contributed by atoms with Gasteiger partial charge in [-0.15, -0.1) is 24.0 Å². The van der Waals surface area contributed by atoms with Crippen LogP contribution in [0.1, 0.15) is 51.1 Å². The van der Waals surface area contributed by atoms with Gasteiger partial charge in [-0.25, -0.2) is 0 Å². The number of guanidine groups is 1. The number of methoxy groups -OCH3 is 1. The van der Waals surface area contributed by atoms with Gasteiger partial charge in [-0.1, -0.05) is 37.3 Å². The van der Waals surface area contributed by atoms with E-state index in [2.05, 4.69) is 64.0 Å². The largest absolute Gasteiger partial charge is 0.469 e. The van der Waals surface area contributed by atoms with Crippen LogP contribution in [0.4, 0.5) is 0 Å². The van der Waals surface area contributed by atoms with Crippen molar-refractivity contribution in [1.29, 1.82) is 0 Å². The average molecular weight is 516 g/mol. The molecular weight excluding hydrogens is 479 g/mol. The smallest absolute Gasteiger partial charge is 0.305 e. The first-order chi connectivity index (χ1) is 13.7. The molecule has 0 spiro atoms. The van der Waals surface area contributed by atoms with Crippen LogP contribution in [0.15, 0.2) is 35.3 Å². The molecule has 1 aliphatic rings. The molecule has 1 unspecified atom stereocenters. The van der Waals surface area contributed by atoms with Gasteiger partial charge in [-0.3, -0.25) is 14.7 Å². The summed E-state index contributed by atoms with van der Waals surface area (Å²) in [6.07, 6.45) is 3.31. The van der Waals surface area contributed by atoms with E-state index < -0.39 is 0 Å². The summed E-state index contributed by atoms with van der Waals surface area (Å²) in [5.41, 5.74) is 1.41. The molecule has 164 valence electrons. The Kier molecular flexibility index (Phi) is 12.9. The third-order valence-corrected chi connectivity index (χ3v) is 5.24. The Balaban J connectivity index is 0.00000420. The summed E-state index contributed by atoms with van der Waals surface area (Å²) in [5.74, 6) is 0.851. The maximum Gasteiger partial charge on any atom is 0.305 e. The van der Waals surface area contributed by atoms with Crippen molar-refractivity contribution in [3.05, 3.63) is 35.9 Å². The van der Waals surface area contributed by atoms with Crippen LogP contribution in [0.5, 0.6) is 0 Å². The molecular formula is C22H37IN4O2. The van der Waals surface area contributed by atoms with Crippen molar-refractivity contribution in [3.8, 4) is 0 Å². The van der Waals surface area contributed by atoms with Gasteiger partial charge in [0.1, 0.15) is 0 Å². The second-order valence-corrected chi connectivity index (χ2v) is 7.13. The number of esters is 1. The van der Waals surface area contributed by atoms with E-state index in [-0.39, 0.29) is 29.9 Å². The van der Waals surface area contributed by atoms with Gasteiger partial charge in [0.15, 0.2) is 5.96 Å². The molecule has 0 radical (unpaired) electrons. The lowest BCUT2D eigenvalue weighted by Gasteiger charge is -2.40. The number of hydrogen-bond donors (Lipinski definition) is 1. The van der Waals surface area contributed by atoms with E-state index in [1.807, 2.05) is 0 Å². The fourth-order valence-electron chi connectivity index (χ4n) is 3.72. The number of hydrogen-bond acceptors (Lipinski definition) is 4. The topological polar surface area (TPSA) is 57.2 Å². The number of rotatable bonds is 9. The van der Waals surface area contributed by atoms with Crippen LogP contribution in [-0.4, -0.2) is 68.1 Å². The Bertz CT molecular complexity index is 604. The zero-order valence-electron chi connectivity index (χ0n) is 18.1. The van der Waals surface area contributed by atoms with Crippen LogP contribution in [0, 0.1) is 0 Å². The summed E-state index contributed by atoms with van der Waals surface area (Å²) in [4.78, 5) is 20.9. The number of piperazine rings is 1. The predicted molar refractivity (Wildman–Crippen MR) is 130 cm³/mol. The second-order valence-electron chi connectivity index (χ2n) is 7.13. The summed E-state index contributed by atoms with van der Waals surface area (Å²) in [5, 5.41) is 3.42. The van der Waals surface area contributed by atoms with E-state index in [0.717, 1.165) is 64.5 Å². The standard InChI is InChI=1S/C22H36N4O2.HI/c1-4-20(19-11-7-6-8-12-19)25-15-17-26(18-16-25)22(23-5-2)24-14-10-9-13-21(27)28-3;/h6-8,11-12,20H,4-5,9-10,13-18H2,1-3H3,(H,23,24);1H. The zero-order chi connectivity index (χ0) is 20.2. The molecule has 1 aromatic rings. The molecule has 0 bridgehead atoms. The highest BCUT2D eigenvalue weighted by Gasteiger charge is 2.25. The minimum absolute atomic E-state index is 0. The molecule has 1 saturated heterocycles. The van der Waals surface area contributed by atoms with Gasteiger partial charge in [-0.2, -0.15) is 0 Å². The fourth-order valence-corrected chi connectivity index (χ4v) is 3.72. The molecule has 1 N–H and O–H groups in total. The molecule has 1 heterocycles. The number of halogens is 1. The van der Waals surface area contributed by atoms with Crippen LogP contribution in [-0.2, 0) is 9.53 Å². The van der Waals surface area contributed by atoms with Crippen molar-refractivity contribution in [1.82, 2.24) is 15.1 Å². The molecule has 2 rings (SSSR count). The quantitative estimate of drug-likeness (QED) is 0.179. The number of aliphatic imine (C=N–C) groups is 1. The highest BCUT2D eigenvalue weighted by molar-refractivity contribution is 14.0. The van der Waals surface area contributed by atoms with Crippen LogP contribution in [0.25, 0.3) is 0 Å². The number of carbonyl (C=O) groups is 1. The van der Waals surface area contributed by atoms with Gasteiger partial charge >= 0.3 is 5.97 Å². The van der Waals surface area contributed by atoms with Crippen LogP contribution in [0.2, 0.25) is 0 Å². The summed E-state index contributed by atoms with van der Waals surface area (Å²) in [6.45, 7) is 10.0. The lowest BCUT2D eigenvalue weighted by Crippen LogP contribution is -2.53. The van der Waals surface area contributed by atoms with E-state index in [0.29, 0.717) is 12.5 Å². The van der Waals surface area contributed by atoms with E-state index >= 15 is 0 Å².